The highest BCUT2D eigenvalue weighted by molar-refractivity contribution is 6.03. The largest absolute Gasteiger partial charge is 0.356 e. The molecule has 0 radical (unpaired) electrons. The van der Waals surface area contributed by atoms with Crippen LogP contribution in [-0.2, 0) is 4.74 Å². The molecule has 0 bridgehead atoms. The number of hydrogen-bond acceptors (Lipinski definition) is 6. The van der Waals surface area contributed by atoms with Gasteiger partial charge in [-0.15, -0.1) is 0 Å². The van der Waals surface area contributed by atoms with Crippen LogP contribution in [0, 0.1) is 22.9 Å². The van der Waals surface area contributed by atoms with Crippen molar-refractivity contribution in [1.29, 1.82) is 0 Å². The van der Waals surface area contributed by atoms with Gasteiger partial charge in [-0.1, -0.05) is 30.3 Å². The number of nitrogens with zero attached hydrogens (tertiary/aromatic N) is 3. The van der Waals surface area contributed by atoms with E-state index in [1.807, 2.05) is 37.3 Å². The fraction of sp³-hybridized carbons (Fsp3) is 0.280. The number of nitro benzene ring substituents is 1. The zero-order chi connectivity index (χ0) is 24.2. The van der Waals surface area contributed by atoms with Crippen molar-refractivity contribution >= 4 is 11.6 Å². The molecule has 1 aromatic heterocycles. The van der Waals surface area contributed by atoms with E-state index in [1.54, 1.807) is 17.9 Å². The van der Waals surface area contributed by atoms with Gasteiger partial charge in [0, 0.05) is 48.5 Å². The third kappa shape index (κ3) is 4.66. The molecule has 1 N–H and O–H groups in total. The van der Waals surface area contributed by atoms with Gasteiger partial charge in [-0.3, -0.25) is 19.9 Å². The van der Waals surface area contributed by atoms with Crippen LogP contribution in [0.1, 0.15) is 23.0 Å². The molecule has 1 fully saturated rings. The topological polar surface area (TPSA) is 97.6 Å². The SMILES string of the molecule is CCN(C(=O)c1c(-c2cc([N+](=O)[O-])ccc2F)cc(-c2ccccc2)nc1C)C1CNCCO1. The van der Waals surface area contributed by atoms with Gasteiger partial charge in [-0.05, 0) is 26.0 Å². The Balaban J connectivity index is 1.92. The van der Waals surface area contributed by atoms with E-state index in [-0.39, 0.29) is 28.3 Å². The lowest BCUT2D eigenvalue weighted by Crippen LogP contribution is -2.51. The van der Waals surface area contributed by atoms with Crippen LogP contribution in [0.3, 0.4) is 0 Å². The van der Waals surface area contributed by atoms with E-state index in [9.17, 15) is 14.9 Å². The van der Waals surface area contributed by atoms with Gasteiger partial charge in [0.25, 0.3) is 11.6 Å². The molecule has 0 saturated carbocycles. The predicted molar refractivity (Wildman–Crippen MR) is 126 cm³/mol. The number of amides is 1. The third-order valence-electron chi connectivity index (χ3n) is 5.79. The average Bonchev–Trinajstić information content (AvgIpc) is 2.85. The molecule has 8 nitrogen and oxygen atoms in total. The highest BCUT2D eigenvalue weighted by Crippen LogP contribution is 2.35. The summed E-state index contributed by atoms with van der Waals surface area (Å²) < 4.78 is 20.8. The summed E-state index contributed by atoms with van der Waals surface area (Å²) in [5.74, 6) is -1.04. The van der Waals surface area contributed by atoms with E-state index in [4.69, 9.17) is 4.74 Å². The maximum atomic E-state index is 15.1. The van der Waals surface area contributed by atoms with Crippen molar-refractivity contribution in [2.24, 2.45) is 0 Å². The number of aromatic nitrogens is 1. The second kappa shape index (κ2) is 10.1. The number of ether oxygens (including phenoxy) is 1. The van der Waals surface area contributed by atoms with Gasteiger partial charge < -0.3 is 15.0 Å². The minimum absolute atomic E-state index is 0.0287. The second-order valence-electron chi connectivity index (χ2n) is 7.92. The first-order valence-electron chi connectivity index (χ1n) is 11.1. The Labute approximate surface area is 196 Å². The fourth-order valence-electron chi connectivity index (χ4n) is 4.12. The molecule has 176 valence electrons. The van der Waals surface area contributed by atoms with E-state index in [0.717, 1.165) is 23.8 Å². The number of carbonyl (C=O) groups is 1. The molecule has 1 unspecified atom stereocenters. The summed E-state index contributed by atoms with van der Waals surface area (Å²) in [4.78, 5) is 30.8. The number of hydrogen-bond donors (Lipinski definition) is 1. The van der Waals surface area contributed by atoms with Crippen LogP contribution in [0.2, 0.25) is 0 Å². The fourth-order valence-corrected chi connectivity index (χ4v) is 4.12. The number of rotatable bonds is 6. The molecule has 1 atom stereocenters. The monoisotopic (exact) mass is 464 g/mol. The van der Waals surface area contributed by atoms with Crippen molar-refractivity contribution in [3.05, 3.63) is 81.8 Å². The van der Waals surface area contributed by atoms with E-state index >= 15 is 4.39 Å². The summed E-state index contributed by atoms with van der Waals surface area (Å²) in [7, 11) is 0. The number of aryl methyl sites for hydroxylation is 1. The first-order chi connectivity index (χ1) is 16.4. The maximum Gasteiger partial charge on any atom is 0.270 e. The zero-order valence-electron chi connectivity index (χ0n) is 19.0. The summed E-state index contributed by atoms with van der Waals surface area (Å²) in [6, 6.07) is 14.2. The molecule has 4 rings (SSSR count). The molecular weight excluding hydrogens is 439 g/mol. The van der Waals surface area contributed by atoms with Gasteiger partial charge in [0.15, 0.2) is 0 Å². The first-order valence-corrected chi connectivity index (χ1v) is 11.1. The van der Waals surface area contributed by atoms with Crippen molar-refractivity contribution in [2.45, 2.75) is 20.1 Å². The number of pyridine rings is 1. The number of likely N-dealkylation sites (N-methyl/N-ethyl adjacent to an activating group) is 1. The van der Waals surface area contributed by atoms with Crippen LogP contribution < -0.4 is 5.32 Å². The minimum atomic E-state index is -0.664. The van der Waals surface area contributed by atoms with Crippen molar-refractivity contribution < 1.29 is 18.8 Å². The van der Waals surface area contributed by atoms with E-state index in [1.165, 1.54) is 0 Å². The highest BCUT2D eigenvalue weighted by Gasteiger charge is 2.30. The number of morpholine rings is 1. The molecule has 2 aromatic carbocycles. The molecule has 0 aliphatic carbocycles. The van der Waals surface area contributed by atoms with Gasteiger partial charge in [-0.25, -0.2) is 4.39 Å². The highest BCUT2D eigenvalue weighted by atomic mass is 19.1. The van der Waals surface area contributed by atoms with Crippen LogP contribution in [0.5, 0.6) is 0 Å². The second-order valence-corrected chi connectivity index (χ2v) is 7.92. The van der Waals surface area contributed by atoms with Crippen LogP contribution in [0.4, 0.5) is 10.1 Å². The van der Waals surface area contributed by atoms with Crippen LogP contribution in [0.15, 0.2) is 54.6 Å². The minimum Gasteiger partial charge on any atom is -0.356 e. The van der Waals surface area contributed by atoms with E-state index in [0.29, 0.717) is 37.6 Å². The summed E-state index contributed by atoms with van der Waals surface area (Å²) in [5, 5.41) is 14.6. The van der Waals surface area contributed by atoms with Gasteiger partial charge in [0.1, 0.15) is 12.0 Å². The van der Waals surface area contributed by atoms with E-state index < -0.39 is 17.0 Å². The molecular formula is C25H25FN4O4. The molecule has 9 heteroatoms. The Morgan fingerprint density at radius 3 is 2.65 bits per heavy atom. The normalized spacial score (nSPS) is 15.7. The smallest absolute Gasteiger partial charge is 0.270 e. The van der Waals surface area contributed by atoms with Gasteiger partial charge in [0.2, 0.25) is 0 Å². The van der Waals surface area contributed by atoms with Crippen molar-refractivity contribution in [3.63, 3.8) is 0 Å². The molecule has 1 saturated heterocycles. The van der Waals surface area contributed by atoms with Gasteiger partial charge >= 0.3 is 0 Å². The first kappa shape index (κ1) is 23.5. The zero-order valence-corrected chi connectivity index (χ0v) is 19.0. The Hall–Kier alpha value is -3.69. The average molecular weight is 464 g/mol. The summed E-state index contributed by atoms with van der Waals surface area (Å²) in [5.41, 5.74) is 1.86. The number of benzene rings is 2. The Bertz CT molecular complexity index is 1210. The molecule has 1 aliphatic heterocycles. The molecule has 0 spiro atoms. The third-order valence-corrected chi connectivity index (χ3v) is 5.79. The number of nitro groups is 1. The number of carbonyl (C=O) groups excluding carboxylic acids is 1. The Morgan fingerprint density at radius 2 is 2.00 bits per heavy atom. The van der Waals surface area contributed by atoms with Crippen LogP contribution in [0.25, 0.3) is 22.4 Å². The summed E-state index contributed by atoms with van der Waals surface area (Å²) >= 11 is 0. The Morgan fingerprint density at radius 1 is 1.24 bits per heavy atom. The van der Waals surface area contributed by atoms with Crippen molar-refractivity contribution in [3.8, 4) is 22.4 Å². The molecule has 2 heterocycles. The molecule has 1 amide bonds. The van der Waals surface area contributed by atoms with Crippen molar-refractivity contribution in [1.82, 2.24) is 15.2 Å². The summed E-state index contributed by atoms with van der Waals surface area (Å²) in [6.07, 6.45) is -0.484. The molecule has 1 aliphatic rings. The van der Waals surface area contributed by atoms with Crippen molar-refractivity contribution in [2.75, 3.05) is 26.2 Å². The Kier molecular flexibility index (Phi) is 6.95. The summed E-state index contributed by atoms with van der Waals surface area (Å²) in [6.45, 7) is 5.51. The van der Waals surface area contributed by atoms with E-state index in [2.05, 4.69) is 10.3 Å². The number of non-ortho nitro benzene ring substituents is 1. The standard InChI is InChI=1S/C25H25FN4O4/c1-3-29(23-15-27-11-12-34-23)25(31)24-16(2)28-22(17-7-5-4-6-8-17)14-20(24)19-13-18(30(32)33)9-10-21(19)26/h4-10,13-14,23,27H,3,11-12,15H2,1-2H3. The maximum absolute atomic E-state index is 15.1. The van der Waals surface area contributed by atoms with Gasteiger partial charge in [-0.2, -0.15) is 0 Å². The number of halogens is 1. The quantitative estimate of drug-likeness (QED) is 0.434. The molecule has 3 aromatic rings. The van der Waals surface area contributed by atoms with Crippen LogP contribution >= 0.6 is 0 Å². The van der Waals surface area contributed by atoms with Gasteiger partial charge in [0.05, 0.1) is 28.5 Å². The molecule has 34 heavy (non-hydrogen) atoms. The predicted octanol–water partition coefficient (Wildman–Crippen LogP) is 4.18. The van der Waals surface area contributed by atoms with Crippen LogP contribution in [-0.4, -0.2) is 53.2 Å². The lowest BCUT2D eigenvalue weighted by Gasteiger charge is -2.34. The number of nitrogens with one attached hydrogen (secondary N) is 1. The lowest BCUT2D eigenvalue weighted by atomic mass is 9.94. The lowest BCUT2D eigenvalue weighted by molar-refractivity contribution is -0.384.